The summed E-state index contributed by atoms with van der Waals surface area (Å²) in [4.78, 5) is 0.324. The molecule has 3 aromatic rings. The fourth-order valence-corrected chi connectivity index (χ4v) is 5.58. The molecule has 4 rings (SSSR count). The van der Waals surface area contributed by atoms with E-state index in [1.807, 2.05) is 79.7 Å². The molecule has 1 aliphatic rings. The second-order valence-electron chi connectivity index (χ2n) is 7.22. The Morgan fingerprint density at radius 2 is 1.46 bits per heavy atom. The summed E-state index contributed by atoms with van der Waals surface area (Å²) in [5.74, 6) is 0. The van der Waals surface area contributed by atoms with Gasteiger partial charge in [-0.05, 0) is 42.2 Å². The SMILES string of the molecule is C=C(c1ccccc1)[C@@H]1C[C@H](c2ccccc2)N1S(=O)(=O)c1ccc(C)cc1. The molecular formula is C24H23NO2S. The molecule has 0 unspecified atom stereocenters. The van der Waals surface area contributed by atoms with Crippen LogP contribution in [0.2, 0.25) is 0 Å². The van der Waals surface area contributed by atoms with E-state index in [9.17, 15) is 8.42 Å². The van der Waals surface area contributed by atoms with E-state index in [2.05, 4.69) is 6.58 Å². The predicted molar refractivity (Wildman–Crippen MR) is 113 cm³/mol. The Kier molecular flexibility index (Phi) is 4.92. The van der Waals surface area contributed by atoms with Crippen molar-refractivity contribution in [1.82, 2.24) is 4.31 Å². The zero-order chi connectivity index (χ0) is 19.7. The van der Waals surface area contributed by atoms with Gasteiger partial charge in [0.15, 0.2) is 0 Å². The Morgan fingerprint density at radius 1 is 0.893 bits per heavy atom. The lowest BCUT2D eigenvalue weighted by molar-refractivity contribution is 0.153. The number of hydrogen-bond donors (Lipinski definition) is 0. The van der Waals surface area contributed by atoms with E-state index in [4.69, 9.17) is 0 Å². The van der Waals surface area contributed by atoms with Gasteiger partial charge in [0.25, 0.3) is 0 Å². The molecule has 1 saturated heterocycles. The Morgan fingerprint density at radius 3 is 2.07 bits per heavy atom. The third kappa shape index (κ3) is 3.30. The number of sulfonamides is 1. The van der Waals surface area contributed by atoms with Crippen molar-refractivity contribution in [3.05, 3.63) is 108 Å². The topological polar surface area (TPSA) is 37.4 Å². The lowest BCUT2D eigenvalue weighted by atomic mass is 9.84. The van der Waals surface area contributed by atoms with Crippen LogP contribution in [0.3, 0.4) is 0 Å². The van der Waals surface area contributed by atoms with Crippen LogP contribution < -0.4 is 0 Å². The van der Waals surface area contributed by atoms with Crippen LogP contribution in [0.5, 0.6) is 0 Å². The zero-order valence-electron chi connectivity index (χ0n) is 15.8. The molecule has 0 aromatic heterocycles. The minimum atomic E-state index is -3.65. The first kappa shape index (κ1) is 18.7. The summed E-state index contributed by atoms with van der Waals surface area (Å²) in [5, 5.41) is 0. The summed E-state index contributed by atoms with van der Waals surface area (Å²) >= 11 is 0. The molecule has 1 heterocycles. The van der Waals surface area contributed by atoms with Crippen LogP contribution in [0.15, 0.2) is 96.4 Å². The molecule has 28 heavy (non-hydrogen) atoms. The largest absolute Gasteiger partial charge is 0.244 e. The highest BCUT2D eigenvalue weighted by Gasteiger charge is 2.48. The van der Waals surface area contributed by atoms with Crippen molar-refractivity contribution >= 4 is 15.6 Å². The molecule has 1 fully saturated rings. The molecule has 142 valence electrons. The number of aryl methyl sites for hydroxylation is 1. The van der Waals surface area contributed by atoms with Gasteiger partial charge >= 0.3 is 0 Å². The van der Waals surface area contributed by atoms with Gasteiger partial charge in [-0.1, -0.05) is 84.9 Å². The van der Waals surface area contributed by atoms with Crippen molar-refractivity contribution in [3.63, 3.8) is 0 Å². The van der Waals surface area contributed by atoms with Crippen LogP contribution >= 0.6 is 0 Å². The molecule has 0 aliphatic carbocycles. The van der Waals surface area contributed by atoms with Crippen molar-refractivity contribution in [2.24, 2.45) is 0 Å². The zero-order valence-corrected chi connectivity index (χ0v) is 16.6. The summed E-state index contributed by atoms with van der Waals surface area (Å²) in [6, 6.07) is 26.3. The average molecular weight is 390 g/mol. The fraction of sp³-hybridized carbons (Fsp3) is 0.167. The average Bonchev–Trinajstić information content (AvgIpc) is 2.68. The predicted octanol–water partition coefficient (Wildman–Crippen LogP) is 5.21. The van der Waals surface area contributed by atoms with Crippen LogP contribution in [-0.2, 0) is 10.0 Å². The Hall–Kier alpha value is -2.69. The lowest BCUT2D eigenvalue weighted by Crippen LogP contribution is -2.53. The van der Waals surface area contributed by atoms with E-state index >= 15 is 0 Å². The summed E-state index contributed by atoms with van der Waals surface area (Å²) in [7, 11) is -3.65. The molecular weight excluding hydrogens is 366 g/mol. The van der Waals surface area contributed by atoms with Gasteiger partial charge < -0.3 is 0 Å². The molecule has 3 nitrogen and oxygen atoms in total. The van der Waals surface area contributed by atoms with Gasteiger partial charge in [0, 0.05) is 0 Å². The van der Waals surface area contributed by atoms with Gasteiger partial charge in [-0.15, -0.1) is 0 Å². The maximum Gasteiger partial charge on any atom is 0.244 e. The summed E-state index contributed by atoms with van der Waals surface area (Å²) in [6.45, 7) is 6.19. The van der Waals surface area contributed by atoms with Gasteiger partial charge in [0.1, 0.15) is 0 Å². The molecule has 1 aliphatic heterocycles. The molecule has 0 spiro atoms. The maximum absolute atomic E-state index is 13.5. The molecule has 3 aromatic carbocycles. The Labute approximate surface area is 167 Å². The first-order chi connectivity index (χ1) is 13.5. The molecule has 0 N–H and O–H groups in total. The van der Waals surface area contributed by atoms with Crippen LogP contribution in [0.1, 0.15) is 29.2 Å². The molecule has 0 radical (unpaired) electrons. The highest BCUT2D eigenvalue weighted by molar-refractivity contribution is 7.89. The fourth-order valence-electron chi connectivity index (χ4n) is 3.76. The van der Waals surface area contributed by atoms with Gasteiger partial charge in [0.2, 0.25) is 10.0 Å². The van der Waals surface area contributed by atoms with Gasteiger partial charge in [0.05, 0.1) is 17.0 Å². The van der Waals surface area contributed by atoms with Gasteiger partial charge in [-0.3, -0.25) is 0 Å². The lowest BCUT2D eigenvalue weighted by Gasteiger charge is -2.48. The van der Waals surface area contributed by atoms with Crippen molar-refractivity contribution in [1.29, 1.82) is 0 Å². The number of benzene rings is 3. The van der Waals surface area contributed by atoms with Gasteiger partial charge in [-0.2, -0.15) is 4.31 Å². The number of nitrogens with zero attached hydrogens (tertiary/aromatic N) is 1. The second kappa shape index (κ2) is 7.38. The van der Waals surface area contributed by atoms with Crippen molar-refractivity contribution in [2.75, 3.05) is 0 Å². The minimum Gasteiger partial charge on any atom is -0.207 e. The highest BCUT2D eigenvalue weighted by atomic mass is 32.2. The van der Waals surface area contributed by atoms with Crippen LogP contribution in [-0.4, -0.2) is 18.8 Å². The second-order valence-corrected chi connectivity index (χ2v) is 9.06. The third-order valence-electron chi connectivity index (χ3n) is 5.39. The van der Waals surface area contributed by atoms with Crippen LogP contribution in [0, 0.1) is 6.92 Å². The van der Waals surface area contributed by atoms with E-state index in [1.165, 1.54) is 0 Å². The Balaban J connectivity index is 1.74. The van der Waals surface area contributed by atoms with E-state index < -0.39 is 10.0 Å². The van der Waals surface area contributed by atoms with E-state index in [0.29, 0.717) is 4.90 Å². The molecule has 0 amide bonds. The Bertz CT molecular complexity index is 1070. The maximum atomic E-state index is 13.5. The smallest absolute Gasteiger partial charge is 0.207 e. The van der Waals surface area contributed by atoms with Crippen LogP contribution in [0.4, 0.5) is 0 Å². The van der Waals surface area contributed by atoms with Gasteiger partial charge in [-0.25, -0.2) is 8.42 Å². The van der Waals surface area contributed by atoms with Crippen LogP contribution in [0.25, 0.3) is 5.57 Å². The monoisotopic (exact) mass is 389 g/mol. The molecule has 4 heteroatoms. The first-order valence-corrected chi connectivity index (χ1v) is 10.8. The third-order valence-corrected chi connectivity index (χ3v) is 7.32. The highest BCUT2D eigenvalue weighted by Crippen LogP contribution is 2.47. The standard InChI is InChI=1S/C24H23NO2S/c1-18-13-15-22(16-14-18)28(26,27)25-23(19(2)20-9-5-3-6-10-20)17-24(25)21-11-7-4-8-12-21/h3-16,23-24H,2,17H2,1H3/t23-,24+/m0/s1. The normalized spacial score (nSPS) is 19.8. The molecule has 2 atom stereocenters. The van der Waals surface area contributed by atoms with Crippen molar-refractivity contribution in [3.8, 4) is 0 Å². The van der Waals surface area contributed by atoms with Crippen molar-refractivity contribution in [2.45, 2.75) is 30.3 Å². The molecule has 0 saturated carbocycles. The summed E-state index contributed by atoms with van der Waals surface area (Å²) in [6.07, 6.45) is 0.725. The summed E-state index contributed by atoms with van der Waals surface area (Å²) < 4.78 is 28.7. The number of hydrogen-bond acceptors (Lipinski definition) is 2. The minimum absolute atomic E-state index is 0.182. The molecule has 0 bridgehead atoms. The summed E-state index contributed by atoms with van der Waals surface area (Å²) in [5.41, 5.74) is 3.86. The quantitative estimate of drug-likeness (QED) is 0.600. The van der Waals surface area contributed by atoms with E-state index in [-0.39, 0.29) is 12.1 Å². The van der Waals surface area contributed by atoms with Crippen molar-refractivity contribution < 1.29 is 8.42 Å². The van der Waals surface area contributed by atoms with E-state index in [0.717, 1.165) is 28.7 Å². The van der Waals surface area contributed by atoms with E-state index in [1.54, 1.807) is 16.4 Å². The first-order valence-electron chi connectivity index (χ1n) is 9.38. The number of rotatable bonds is 5.